The van der Waals surface area contributed by atoms with Gasteiger partial charge < -0.3 is 29.0 Å². The Labute approximate surface area is 178 Å². The van der Waals surface area contributed by atoms with Gasteiger partial charge in [-0.25, -0.2) is 0 Å². The van der Waals surface area contributed by atoms with Crippen LogP contribution in [0.5, 0.6) is 17.2 Å². The maximum atomic E-state index is 12.6. The number of carbonyl (C=O) groups excluding carboxylic acids is 2. The summed E-state index contributed by atoms with van der Waals surface area (Å²) in [6.07, 6.45) is 0. The van der Waals surface area contributed by atoms with Crippen LogP contribution in [0.25, 0.3) is 11.3 Å². The molecule has 31 heavy (non-hydrogen) atoms. The molecule has 3 aromatic rings. The van der Waals surface area contributed by atoms with Gasteiger partial charge in [0.2, 0.25) is 12.7 Å². The Balaban J connectivity index is 1.33. The molecule has 0 saturated carbocycles. The Morgan fingerprint density at radius 2 is 1.97 bits per heavy atom. The van der Waals surface area contributed by atoms with E-state index in [0.717, 1.165) is 11.1 Å². The largest absolute Gasteiger partial charge is 0.497 e. The highest BCUT2D eigenvalue weighted by atomic mass is 16.7. The molecule has 0 bridgehead atoms. The number of hydrogen-bond donors (Lipinski definition) is 1. The molecule has 1 N–H and O–H groups in total. The summed E-state index contributed by atoms with van der Waals surface area (Å²) in [7, 11) is 3.10. The number of carbonyl (C=O) groups is 2. The van der Waals surface area contributed by atoms with Crippen molar-refractivity contribution in [3.63, 3.8) is 0 Å². The van der Waals surface area contributed by atoms with E-state index in [1.165, 1.54) is 18.0 Å². The minimum atomic E-state index is -0.420. The van der Waals surface area contributed by atoms with Crippen LogP contribution < -0.4 is 19.5 Å². The van der Waals surface area contributed by atoms with Crippen molar-refractivity contribution >= 4 is 11.8 Å². The molecule has 1 aliphatic rings. The van der Waals surface area contributed by atoms with Crippen molar-refractivity contribution in [2.24, 2.45) is 0 Å². The van der Waals surface area contributed by atoms with E-state index >= 15 is 0 Å². The van der Waals surface area contributed by atoms with Gasteiger partial charge in [0.05, 0.1) is 13.7 Å². The van der Waals surface area contributed by atoms with Gasteiger partial charge in [0.15, 0.2) is 23.0 Å². The molecular formula is C22H21N3O6. The standard InChI is InChI=1S/C22H21N3O6/c1-25(12-21(26)23-11-14-6-7-18-20(8-14)30-13-29-18)22(27)17-10-19(31-24-17)15-4-3-5-16(9-15)28-2/h3-10H,11-13H2,1-2H3,(H,23,26). The maximum Gasteiger partial charge on any atom is 0.276 e. The lowest BCUT2D eigenvalue weighted by molar-refractivity contribution is -0.121. The first-order chi connectivity index (χ1) is 15.0. The first kappa shape index (κ1) is 20.3. The Kier molecular flexibility index (Phi) is 5.74. The molecule has 0 unspecified atom stereocenters. The third-order valence-corrected chi connectivity index (χ3v) is 4.74. The number of nitrogens with one attached hydrogen (secondary N) is 1. The first-order valence-electron chi connectivity index (χ1n) is 9.55. The predicted molar refractivity (Wildman–Crippen MR) is 110 cm³/mol. The third kappa shape index (κ3) is 4.61. The van der Waals surface area contributed by atoms with Crippen LogP contribution in [0, 0.1) is 0 Å². The summed E-state index contributed by atoms with van der Waals surface area (Å²) in [5.41, 5.74) is 1.71. The fraction of sp³-hybridized carbons (Fsp3) is 0.227. The van der Waals surface area contributed by atoms with Crippen molar-refractivity contribution in [3.05, 3.63) is 59.8 Å². The fourth-order valence-corrected chi connectivity index (χ4v) is 3.08. The summed E-state index contributed by atoms with van der Waals surface area (Å²) < 4.78 is 21.1. The van der Waals surface area contributed by atoms with Gasteiger partial charge in [0.1, 0.15) is 5.75 Å². The lowest BCUT2D eigenvalue weighted by Gasteiger charge is -2.15. The van der Waals surface area contributed by atoms with Crippen LogP contribution in [0.3, 0.4) is 0 Å². The normalized spacial score (nSPS) is 11.8. The Morgan fingerprint density at radius 3 is 2.81 bits per heavy atom. The van der Waals surface area contributed by atoms with Crippen molar-refractivity contribution in [1.29, 1.82) is 0 Å². The Morgan fingerprint density at radius 1 is 1.13 bits per heavy atom. The second-order valence-corrected chi connectivity index (χ2v) is 6.93. The molecule has 2 heterocycles. The minimum Gasteiger partial charge on any atom is -0.497 e. The van der Waals surface area contributed by atoms with Crippen molar-refractivity contribution in [2.75, 3.05) is 27.5 Å². The molecule has 2 aromatic carbocycles. The molecule has 9 nitrogen and oxygen atoms in total. The van der Waals surface area contributed by atoms with Crippen LogP contribution in [0.2, 0.25) is 0 Å². The van der Waals surface area contributed by atoms with Crippen LogP contribution in [0.4, 0.5) is 0 Å². The lowest BCUT2D eigenvalue weighted by atomic mass is 10.1. The number of rotatable bonds is 7. The predicted octanol–water partition coefficient (Wildman–Crippen LogP) is 2.47. The summed E-state index contributed by atoms with van der Waals surface area (Å²) >= 11 is 0. The molecule has 1 aromatic heterocycles. The van der Waals surface area contributed by atoms with Crippen molar-refractivity contribution in [2.45, 2.75) is 6.54 Å². The molecule has 0 aliphatic carbocycles. The first-order valence-corrected chi connectivity index (χ1v) is 9.55. The lowest BCUT2D eigenvalue weighted by Crippen LogP contribution is -2.38. The molecule has 0 fully saturated rings. The van der Waals surface area contributed by atoms with Crippen LogP contribution in [0.1, 0.15) is 16.1 Å². The van der Waals surface area contributed by atoms with Gasteiger partial charge in [-0.15, -0.1) is 0 Å². The number of likely N-dealkylation sites (N-methyl/N-ethyl adjacent to an activating group) is 1. The topological polar surface area (TPSA) is 103 Å². The zero-order chi connectivity index (χ0) is 21.8. The number of ether oxygens (including phenoxy) is 3. The number of fused-ring (bicyclic) bond motifs is 1. The molecule has 160 valence electrons. The highest BCUT2D eigenvalue weighted by Gasteiger charge is 2.20. The number of benzene rings is 2. The molecule has 1 aliphatic heterocycles. The second-order valence-electron chi connectivity index (χ2n) is 6.93. The van der Waals surface area contributed by atoms with Crippen molar-refractivity contribution < 1.29 is 28.3 Å². The van der Waals surface area contributed by atoms with E-state index < -0.39 is 5.91 Å². The molecule has 0 saturated heterocycles. The Bertz CT molecular complexity index is 1110. The van der Waals surface area contributed by atoms with E-state index in [1.807, 2.05) is 30.3 Å². The molecule has 2 amide bonds. The molecular weight excluding hydrogens is 402 g/mol. The van der Waals surface area contributed by atoms with Gasteiger partial charge in [-0.1, -0.05) is 23.4 Å². The molecule has 0 atom stereocenters. The summed E-state index contributed by atoms with van der Waals surface area (Å²) in [5.74, 6) is 1.71. The molecule has 0 spiro atoms. The quantitative estimate of drug-likeness (QED) is 0.623. The van der Waals surface area contributed by atoms with Crippen LogP contribution in [-0.4, -0.2) is 49.4 Å². The van der Waals surface area contributed by atoms with E-state index in [-0.39, 0.29) is 24.9 Å². The molecule has 4 rings (SSSR count). The van der Waals surface area contributed by atoms with Gasteiger partial charge in [0, 0.05) is 25.2 Å². The summed E-state index contributed by atoms with van der Waals surface area (Å²) in [6.45, 7) is 0.381. The van der Waals surface area contributed by atoms with Crippen molar-refractivity contribution in [3.8, 4) is 28.6 Å². The molecule has 0 radical (unpaired) electrons. The highest BCUT2D eigenvalue weighted by Crippen LogP contribution is 2.32. The van der Waals surface area contributed by atoms with E-state index in [0.29, 0.717) is 29.6 Å². The van der Waals surface area contributed by atoms with Gasteiger partial charge in [0.25, 0.3) is 5.91 Å². The minimum absolute atomic E-state index is 0.115. The van der Waals surface area contributed by atoms with E-state index in [4.69, 9.17) is 18.7 Å². The van der Waals surface area contributed by atoms with Gasteiger partial charge in [-0.2, -0.15) is 0 Å². The fourth-order valence-electron chi connectivity index (χ4n) is 3.08. The van der Waals surface area contributed by atoms with Crippen LogP contribution in [-0.2, 0) is 11.3 Å². The van der Waals surface area contributed by atoms with E-state index in [1.54, 1.807) is 19.2 Å². The highest BCUT2D eigenvalue weighted by molar-refractivity contribution is 5.95. The summed E-state index contributed by atoms with van der Waals surface area (Å²) in [5, 5.41) is 6.62. The number of hydrogen-bond acceptors (Lipinski definition) is 7. The zero-order valence-electron chi connectivity index (χ0n) is 17.1. The average molecular weight is 423 g/mol. The zero-order valence-corrected chi connectivity index (χ0v) is 17.1. The van der Waals surface area contributed by atoms with Gasteiger partial charge in [-0.3, -0.25) is 9.59 Å². The third-order valence-electron chi connectivity index (χ3n) is 4.74. The molecule has 9 heteroatoms. The van der Waals surface area contributed by atoms with E-state index in [9.17, 15) is 9.59 Å². The number of amides is 2. The summed E-state index contributed by atoms with van der Waals surface area (Å²) in [6, 6.07) is 14.2. The monoisotopic (exact) mass is 423 g/mol. The number of nitrogens with zero attached hydrogens (tertiary/aromatic N) is 2. The SMILES string of the molecule is COc1cccc(-c2cc(C(=O)N(C)CC(=O)NCc3ccc4c(c3)OCO4)no2)c1. The number of methoxy groups -OCH3 is 1. The Hall–Kier alpha value is -4.01. The smallest absolute Gasteiger partial charge is 0.276 e. The number of aromatic nitrogens is 1. The average Bonchev–Trinajstić information content (AvgIpc) is 3.46. The van der Waals surface area contributed by atoms with Crippen molar-refractivity contribution in [1.82, 2.24) is 15.4 Å². The van der Waals surface area contributed by atoms with Crippen LogP contribution >= 0.6 is 0 Å². The van der Waals surface area contributed by atoms with Gasteiger partial charge >= 0.3 is 0 Å². The maximum absolute atomic E-state index is 12.6. The van der Waals surface area contributed by atoms with Crippen LogP contribution in [0.15, 0.2) is 53.1 Å². The second kappa shape index (κ2) is 8.78. The summed E-state index contributed by atoms with van der Waals surface area (Å²) in [4.78, 5) is 26.2. The van der Waals surface area contributed by atoms with Gasteiger partial charge in [-0.05, 0) is 29.8 Å². The van der Waals surface area contributed by atoms with E-state index in [2.05, 4.69) is 10.5 Å².